The second-order valence-electron chi connectivity index (χ2n) is 6.74. The molecule has 7 heteroatoms. The number of rotatable bonds is 10. The van der Waals surface area contributed by atoms with E-state index in [0.29, 0.717) is 24.1 Å². The summed E-state index contributed by atoms with van der Waals surface area (Å²) in [7, 11) is 0. The summed E-state index contributed by atoms with van der Waals surface area (Å²) in [6.45, 7) is 3.92. The quantitative estimate of drug-likeness (QED) is 0.631. The fourth-order valence-electron chi connectivity index (χ4n) is 2.71. The number of carbonyl (C=O) groups excluding carboxylic acids is 2. The molecule has 2 aromatic rings. The SMILES string of the molecule is CCCN(CC1CC1)C(=O)COC(=O)c1csc(NCc2ccccc2)n1. The summed E-state index contributed by atoms with van der Waals surface area (Å²) >= 11 is 1.34. The second kappa shape index (κ2) is 9.50. The minimum atomic E-state index is -0.560. The molecule has 1 heterocycles. The van der Waals surface area contributed by atoms with Crippen molar-refractivity contribution in [3.05, 3.63) is 47.0 Å². The maximum atomic E-state index is 12.3. The van der Waals surface area contributed by atoms with E-state index >= 15 is 0 Å². The van der Waals surface area contributed by atoms with Crippen molar-refractivity contribution in [2.75, 3.05) is 25.0 Å². The van der Waals surface area contributed by atoms with E-state index in [1.807, 2.05) is 37.3 Å². The van der Waals surface area contributed by atoms with E-state index in [4.69, 9.17) is 4.74 Å². The number of nitrogens with zero attached hydrogens (tertiary/aromatic N) is 2. The fourth-order valence-corrected chi connectivity index (χ4v) is 3.39. The van der Waals surface area contributed by atoms with Crippen LogP contribution in [0.1, 0.15) is 42.2 Å². The summed E-state index contributed by atoms with van der Waals surface area (Å²) in [5.74, 6) is -0.0713. The maximum absolute atomic E-state index is 12.3. The highest BCUT2D eigenvalue weighted by Gasteiger charge is 2.27. The van der Waals surface area contributed by atoms with E-state index in [-0.39, 0.29) is 18.2 Å². The largest absolute Gasteiger partial charge is 0.451 e. The van der Waals surface area contributed by atoms with Crippen LogP contribution in [0.15, 0.2) is 35.7 Å². The van der Waals surface area contributed by atoms with E-state index in [2.05, 4.69) is 10.3 Å². The number of hydrogen-bond acceptors (Lipinski definition) is 6. The Kier molecular flexibility index (Phi) is 6.81. The Morgan fingerprint density at radius 3 is 2.78 bits per heavy atom. The van der Waals surface area contributed by atoms with Gasteiger partial charge in [-0.05, 0) is 30.7 Å². The van der Waals surface area contributed by atoms with Gasteiger partial charge >= 0.3 is 5.97 Å². The number of anilines is 1. The van der Waals surface area contributed by atoms with Gasteiger partial charge in [-0.2, -0.15) is 0 Å². The van der Waals surface area contributed by atoms with Crippen LogP contribution in [0.25, 0.3) is 0 Å². The Hall–Kier alpha value is -2.41. The van der Waals surface area contributed by atoms with Crippen LogP contribution in [-0.2, 0) is 16.1 Å². The standard InChI is InChI=1S/C20H25N3O3S/c1-2-10-23(12-16-8-9-16)18(24)13-26-19(25)17-14-27-20(22-17)21-11-15-6-4-3-5-7-15/h3-7,14,16H,2,8-13H2,1H3,(H,21,22). The Morgan fingerprint density at radius 2 is 2.07 bits per heavy atom. The summed E-state index contributed by atoms with van der Waals surface area (Å²) in [4.78, 5) is 30.5. The van der Waals surface area contributed by atoms with Crippen molar-refractivity contribution in [1.82, 2.24) is 9.88 Å². The first kappa shape index (κ1) is 19.4. The van der Waals surface area contributed by atoms with Crippen molar-refractivity contribution in [1.29, 1.82) is 0 Å². The molecule has 27 heavy (non-hydrogen) atoms. The van der Waals surface area contributed by atoms with Gasteiger partial charge in [0.1, 0.15) is 0 Å². The van der Waals surface area contributed by atoms with Crippen LogP contribution in [0.2, 0.25) is 0 Å². The molecule has 0 aliphatic heterocycles. The van der Waals surface area contributed by atoms with Crippen molar-refractivity contribution < 1.29 is 14.3 Å². The zero-order chi connectivity index (χ0) is 19.1. The molecule has 3 rings (SSSR count). The molecule has 0 bridgehead atoms. The van der Waals surface area contributed by atoms with E-state index in [9.17, 15) is 9.59 Å². The molecule has 6 nitrogen and oxygen atoms in total. The summed E-state index contributed by atoms with van der Waals surface area (Å²) < 4.78 is 5.18. The van der Waals surface area contributed by atoms with E-state index < -0.39 is 5.97 Å². The Bertz CT molecular complexity index is 759. The number of amides is 1. The smallest absolute Gasteiger partial charge is 0.358 e. The normalized spacial score (nSPS) is 13.2. The first-order valence-corrected chi connectivity index (χ1v) is 10.2. The van der Waals surface area contributed by atoms with Crippen LogP contribution < -0.4 is 5.32 Å². The predicted molar refractivity (Wildman–Crippen MR) is 106 cm³/mol. The molecule has 1 aromatic heterocycles. The number of nitrogens with one attached hydrogen (secondary N) is 1. The molecule has 1 saturated carbocycles. The Morgan fingerprint density at radius 1 is 1.30 bits per heavy atom. The van der Waals surface area contributed by atoms with E-state index in [1.54, 1.807) is 10.3 Å². The molecular formula is C20H25N3O3S. The highest BCUT2D eigenvalue weighted by molar-refractivity contribution is 7.13. The summed E-state index contributed by atoms with van der Waals surface area (Å²) in [6.07, 6.45) is 3.27. The number of aromatic nitrogens is 1. The van der Waals surface area contributed by atoms with Gasteiger partial charge in [-0.3, -0.25) is 4.79 Å². The predicted octanol–water partition coefficient (Wildman–Crippen LogP) is 3.56. The molecule has 0 saturated heterocycles. The van der Waals surface area contributed by atoms with Gasteiger partial charge in [-0.1, -0.05) is 37.3 Å². The van der Waals surface area contributed by atoms with Gasteiger partial charge in [0.15, 0.2) is 17.4 Å². The fraction of sp³-hybridized carbons (Fsp3) is 0.450. The van der Waals surface area contributed by atoms with Crippen LogP contribution in [0, 0.1) is 5.92 Å². The molecule has 0 atom stereocenters. The molecule has 1 amide bonds. The monoisotopic (exact) mass is 387 g/mol. The third-order valence-electron chi connectivity index (χ3n) is 4.35. The third kappa shape index (κ3) is 6.06. The van der Waals surface area contributed by atoms with E-state index in [1.165, 1.54) is 24.2 Å². The van der Waals surface area contributed by atoms with Crippen molar-refractivity contribution in [3.8, 4) is 0 Å². The van der Waals surface area contributed by atoms with Gasteiger partial charge < -0.3 is 15.0 Å². The van der Waals surface area contributed by atoms with Crippen LogP contribution in [-0.4, -0.2) is 41.5 Å². The highest BCUT2D eigenvalue weighted by Crippen LogP contribution is 2.29. The van der Waals surface area contributed by atoms with Crippen molar-refractivity contribution in [3.63, 3.8) is 0 Å². The van der Waals surface area contributed by atoms with Gasteiger partial charge in [0, 0.05) is 25.0 Å². The van der Waals surface area contributed by atoms with Crippen molar-refractivity contribution >= 4 is 28.3 Å². The topological polar surface area (TPSA) is 71.5 Å². The van der Waals surface area contributed by atoms with Gasteiger partial charge in [0.05, 0.1) is 0 Å². The van der Waals surface area contributed by atoms with E-state index in [0.717, 1.165) is 18.5 Å². The molecule has 144 valence electrons. The maximum Gasteiger partial charge on any atom is 0.358 e. The first-order chi connectivity index (χ1) is 13.2. The number of esters is 1. The lowest BCUT2D eigenvalue weighted by Crippen LogP contribution is -2.36. The molecule has 0 radical (unpaired) electrons. The summed E-state index contributed by atoms with van der Waals surface area (Å²) in [5, 5.41) is 5.49. The van der Waals surface area contributed by atoms with Crippen molar-refractivity contribution in [2.24, 2.45) is 5.92 Å². The lowest BCUT2D eigenvalue weighted by atomic mass is 10.2. The zero-order valence-corrected chi connectivity index (χ0v) is 16.3. The Labute approximate surface area is 163 Å². The molecule has 1 fully saturated rings. The molecule has 1 aromatic carbocycles. The second-order valence-corrected chi connectivity index (χ2v) is 7.59. The molecular weight excluding hydrogens is 362 g/mol. The van der Waals surface area contributed by atoms with Crippen molar-refractivity contribution in [2.45, 2.75) is 32.7 Å². The molecule has 1 aliphatic carbocycles. The van der Waals surface area contributed by atoms with Gasteiger partial charge in [-0.25, -0.2) is 9.78 Å². The lowest BCUT2D eigenvalue weighted by molar-refractivity contribution is -0.134. The van der Waals surface area contributed by atoms with Crippen LogP contribution in [0.4, 0.5) is 5.13 Å². The summed E-state index contributed by atoms with van der Waals surface area (Å²) in [5.41, 5.74) is 1.36. The summed E-state index contributed by atoms with van der Waals surface area (Å²) in [6, 6.07) is 9.96. The average molecular weight is 388 g/mol. The lowest BCUT2D eigenvalue weighted by Gasteiger charge is -2.21. The average Bonchev–Trinajstić information content (AvgIpc) is 3.38. The molecule has 0 spiro atoms. The Balaban J connectivity index is 1.46. The number of ether oxygens (including phenoxy) is 1. The third-order valence-corrected chi connectivity index (χ3v) is 5.15. The molecule has 1 N–H and O–H groups in total. The van der Waals surface area contributed by atoms with Gasteiger partial charge in [-0.15, -0.1) is 11.3 Å². The molecule has 0 unspecified atom stereocenters. The van der Waals surface area contributed by atoms with Crippen LogP contribution in [0.3, 0.4) is 0 Å². The highest BCUT2D eigenvalue weighted by atomic mass is 32.1. The minimum absolute atomic E-state index is 0.130. The number of benzene rings is 1. The number of hydrogen-bond donors (Lipinski definition) is 1. The number of carbonyl (C=O) groups is 2. The van der Waals surface area contributed by atoms with Gasteiger partial charge in [0.25, 0.3) is 5.91 Å². The molecule has 1 aliphatic rings. The van der Waals surface area contributed by atoms with Crippen LogP contribution >= 0.6 is 11.3 Å². The van der Waals surface area contributed by atoms with Crippen LogP contribution in [0.5, 0.6) is 0 Å². The minimum Gasteiger partial charge on any atom is -0.451 e. The zero-order valence-electron chi connectivity index (χ0n) is 15.5. The first-order valence-electron chi connectivity index (χ1n) is 9.34. The number of thiazole rings is 1. The van der Waals surface area contributed by atoms with Gasteiger partial charge in [0.2, 0.25) is 0 Å².